The minimum Gasteiger partial charge on any atom is -0.336 e. The minimum atomic E-state index is -1.52. The molecule has 1 rings (SSSR count). The SMILES string of the molecule is CC(C)(C)C(=O)N[C@@H](N1CCCCC1)C(Cl)(Cl)Cl. The van der Waals surface area contributed by atoms with E-state index >= 15 is 0 Å². The van der Waals surface area contributed by atoms with Crippen LogP contribution in [0.15, 0.2) is 0 Å². The number of likely N-dealkylation sites (tertiary alicyclic amines) is 1. The van der Waals surface area contributed by atoms with Gasteiger partial charge in [0.2, 0.25) is 9.70 Å². The summed E-state index contributed by atoms with van der Waals surface area (Å²) in [5.41, 5.74) is -0.496. The van der Waals surface area contributed by atoms with Crippen LogP contribution in [0, 0.1) is 5.41 Å². The summed E-state index contributed by atoms with van der Waals surface area (Å²) in [6.45, 7) is 7.22. The predicted octanol–water partition coefficient (Wildman–Crippen LogP) is 3.33. The number of nitrogens with one attached hydrogen (secondary N) is 1. The third-order valence-corrected chi connectivity index (χ3v) is 3.63. The maximum Gasteiger partial charge on any atom is 0.226 e. The van der Waals surface area contributed by atoms with Gasteiger partial charge in [-0.1, -0.05) is 62.0 Å². The number of nitrogens with zero attached hydrogens (tertiary/aromatic N) is 1. The molecule has 0 aliphatic carbocycles. The van der Waals surface area contributed by atoms with Gasteiger partial charge >= 0.3 is 0 Å². The molecule has 0 radical (unpaired) electrons. The number of hydrogen-bond acceptors (Lipinski definition) is 2. The van der Waals surface area contributed by atoms with E-state index in [1.54, 1.807) is 0 Å². The molecule has 1 aliphatic heterocycles. The fourth-order valence-electron chi connectivity index (χ4n) is 1.90. The van der Waals surface area contributed by atoms with Gasteiger partial charge in [-0.05, 0) is 12.8 Å². The van der Waals surface area contributed by atoms with Crippen LogP contribution in [0.5, 0.6) is 0 Å². The Labute approximate surface area is 124 Å². The molecule has 0 aromatic heterocycles. The highest BCUT2D eigenvalue weighted by Crippen LogP contribution is 2.34. The first-order chi connectivity index (χ1) is 8.12. The first-order valence-electron chi connectivity index (χ1n) is 6.24. The molecule has 106 valence electrons. The van der Waals surface area contributed by atoms with Crippen LogP contribution < -0.4 is 5.32 Å². The molecule has 18 heavy (non-hydrogen) atoms. The van der Waals surface area contributed by atoms with Crippen molar-refractivity contribution in [1.29, 1.82) is 0 Å². The predicted molar refractivity (Wildman–Crippen MR) is 77.1 cm³/mol. The fraction of sp³-hybridized carbons (Fsp3) is 0.917. The first kappa shape index (κ1) is 16.4. The Balaban J connectivity index is 2.76. The molecule has 1 saturated heterocycles. The second-order valence-corrected chi connectivity index (χ2v) is 8.13. The molecule has 0 aromatic rings. The number of carbonyl (C=O) groups excluding carboxylic acids is 1. The summed E-state index contributed by atoms with van der Waals surface area (Å²) in [4.78, 5) is 14.1. The van der Waals surface area contributed by atoms with E-state index in [0.29, 0.717) is 0 Å². The summed E-state index contributed by atoms with van der Waals surface area (Å²) in [5.74, 6) is -0.107. The molecule has 1 N–H and O–H groups in total. The highest BCUT2D eigenvalue weighted by atomic mass is 35.6. The van der Waals surface area contributed by atoms with Gasteiger partial charge < -0.3 is 5.32 Å². The van der Waals surface area contributed by atoms with E-state index in [-0.39, 0.29) is 5.91 Å². The van der Waals surface area contributed by atoms with Crippen LogP contribution in [0.1, 0.15) is 40.0 Å². The normalized spacial score (nSPS) is 20.6. The van der Waals surface area contributed by atoms with Crippen LogP contribution in [0.3, 0.4) is 0 Å². The number of hydrogen-bond donors (Lipinski definition) is 1. The Bertz CT molecular complexity index is 291. The lowest BCUT2D eigenvalue weighted by Gasteiger charge is -2.39. The number of carbonyl (C=O) groups is 1. The van der Waals surface area contributed by atoms with Gasteiger partial charge in [0, 0.05) is 18.5 Å². The smallest absolute Gasteiger partial charge is 0.226 e. The van der Waals surface area contributed by atoms with Gasteiger partial charge in [0.1, 0.15) is 6.17 Å². The lowest BCUT2D eigenvalue weighted by Crippen LogP contribution is -2.58. The summed E-state index contributed by atoms with van der Waals surface area (Å²) in [7, 11) is 0. The summed E-state index contributed by atoms with van der Waals surface area (Å²) in [6, 6.07) is 0. The van der Waals surface area contributed by atoms with Gasteiger partial charge in [-0.15, -0.1) is 0 Å². The second-order valence-electron chi connectivity index (χ2n) is 5.76. The molecule has 0 bridgehead atoms. The van der Waals surface area contributed by atoms with Gasteiger partial charge in [-0.3, -0.25) is 9.69 Å². The van der Waals surface area contributed by atoms with E-state index in [4.69, 9.17) is 34.8 Å². The van der Waals surface area contributed by atoms with Gasteiger partial charge in [-0.25, -0.2) is 0 Å². The van der Waals surface area contributed by atoms with E-state index in [1.807, 2.05) is 25.7 Å². The second kappa shape index (κ2) is 6.17. The lowest BCUT2D eigenvalue weighted by molar-refractivity contribution is -0.130. The van der Waals surface area contributed by atoms with Crippen molar-refractivity contribution in [3.63, 3.8) is 0 Å². The topological polar surface area (TPSA) is 32.3 Å². The lowest BCUT2D eigenvalue weighted by atomic mass is 9.95. The standard InChI is InChI=1S/C12H21Cl3N2O/c1-11(2,3)10(18)16-9(12(13,14)15)17-7-5-4-6-8-17/h9H,4-8H2,1-3H3,(H,16,18)/t9-/m0/s1. The average molecular weight is 316 g/mol. The zero-order chi connectivity index (χ0) is 14.0. The zero-order valence-electron chi connectivity index (χ0n) is 11.1. The quantitative estimate of drug-likeness (QED) is 0.793. The van der Waals surface area contributed by atoms with Crippen molar-refractivity contribution in [2.45, 2.75) is 50.0 Å². The highest BCUT2D eigenvalue weighted by Gasteiger charge is 2.40. The van der Waals surface area contributed by atoms with E-state index in [2.05, 4.69) is 5.32 Å². The van der Waals surface area contributed by atoms with Crippen LogP contribution in [0.2, 0.25) is 0 Å². The number of halogens is 3. The summed E-state index contributed by atoms with van der Waals surface area (Å²) in [6.07, 6.45) is 2.77. The number of alkyl halides is 3. The fourth-order valence-corrected chi connectivity index (χ4v) is 2.48. The molecule has 0 aromatic carbocycles. The Hall–Kier alpha value is 0.300. The molecule has 6 heteroatoms. The zero-order valence-corrected chi connectivity index (χ0v) is 13.4. The van der Waals surface area contributed by atoms with Gasteiger partial charge in [0.15, 0.2) is 0 Å². The maximum absolute atomic E-state index is 12.1. The Kier molecular flexibility index (Phi) is 5.60. The molecule has 1 atom stereocenters. The van der Waals surface area contributed by atoms with Crippen molar-refractivity contribution < 1.29 is 4.79 Å². The van der Waals surface area contributed by atoms with Gasteiger partial charge in [0.05, 0.1) is 0 Å². The Morgan fingerprint density at radius 3 is 2.00 bits per heavy atom. The summed E-state index contributed by atoms with van der Waals surface area (Å²) < 4.78 is -1.52. The highest BCUT2D eigenvalue weighted by molar-refractivity contribution is 6.68. The Morgan fingerprint density at radius 1 is 1.11 bits per heavy atom. The molecule has 0 spiro atoms. The van der Waals surface area contributed by atoms with E-state index in [1.165, 1.54) is 6.42 Å². The summed E-state index contributed by atoms with van der Waals surface area (Å²) in [5, 5.41) is 2.86. The van der Waals surface area contributed by atoms with Gasteiger partial charge in [-0.2, -0.15) is 0 Å². The minimum absolute atomic E-state index is 0.107. The van der Waals surface area contributed by atoms with Gasteiger partial charge in [0.25, 0.3) is 0 Å². The van der Waals surface area contributed by atoms with E-state index < -0.39 is 15.4 Å². The molecule has 0 saturated carbocycles. The molecule has 1 amide bonds. The van der Waals surface area contributed by atoms with Crippen LogP contribution in [-0.2, 0) is 4.79 Å². The summed E-state index contributed by atoms with van der Waals surface area (Å²) >= 11 is 18.0. The molecule has 1 heterocycles. The van der Waals surface area contributed by atoms with E-state index in [0.717, 1.165) is 25.9 Å². The average Bonchev–Trinajstić information content (AvgIpc) is 2.23. The van der Waals surface area contributed by atoms with Crippen LogP contribution >= 0.6 is 34.8 Å². The van der Waals surface area contributed by atoms with E-state index in [9.17, 15) is 4.79 Å². The van der Waals surface area contributed by atoms with Crippen molar-refractivity contribution in [3.05, 3.63) is 0 Å². The largest absolute Gasteiger partial charge is 0.336 e. The molecule has 1 aliphatic rings. The number of rotatable bonds is 2. The van der Waals surface area contributed by atoms with Crippen LogP contribution in [0.25, 0.3) is 0 Å². The van der Waals surface area contributed by atoms with Crippen molar-refractivity contribution in [1.82, 2.24) is 10.2 Å². The molecule has 3 nitrogen and oxygen atoms in total. The van der Waals surface area contributed by atoms with Crippen LogP contribution in [0.4, 0.5) is 0 Å². The monoisotopic (exact) mass is 314 g/mol. The maximum atomic E-state index is 12.1. The Morgan fingerprint density at radius 2 is 1.61 bits per heavy atom. The molecule has 1 fully saturated rings. The van der Waals surface area contributed by atoms with Crippen molar-refractivity contribution in [2.24, 2.45) is 5.41 Å². The first-order valence-corrected chi connectivity index (χ1v) is 7.37. The van der Waals surface area contributed by atoms with Crippen molar-refractivity contribution in [3.8, 4) is 0 Å². The van der Waals surface area contributed by atoms with Crippen molar-refractivity contribution in [2.75, 3.05) is 13.1 Å². The third-order valence-electron chi connectivity index (χ3n) is 3.01. The third kappa shape index (κ3) is 4.76. The number of piperidine rings is 1. The van der Waals surface area contributed by atoms with Crippen molar-refractivity contribution >= 4 is 40.7 Å². The number of amides is 1. The molecule has 0 unspecified atom stereocenters. The molecular formula is C12H21Cl3N2O. The molecular weight excluding hydrogens is 295 g/mol. The van der Waals surface area contributed by atoms with Crippen LogP contribution in [-0.4, -0.2) is 33.9 Å².